The maximum absolute atomic E-state index is 13.5. The van der Waals surface area contributed by atoms with E-state index in [0.717, 1.165) is 74.4 Å². The minimum absolute atomic E-state index is 0.00530. The molecule has 44 heavy (non-hydrogen) atoms. The molecule has 0 radical (unpaired) electrons. The van der Waals surface area contributed by atoms with Crippen LogP contribution in [0.25, 0.3) is 11.1 Å². The predicted molar refractivity (Wildman–Crippen MR) is 192 cm³/mol. The Morgan fingerprint density at radius 3 is 1.23 bits per heavy atom. The molecule has 0 saturated heterocycles. The number of fused-ring (bicyclic) bond motifs is 3. The number of benzene rings is 2. The van der Waals surface area contributed by atoms with Gasteiger partial charge in [0.15, 0.2) is 15.9 Å². The van der Waals surface area contributed by atoms with Crippen LogP contribution in [-0.2, 0) is 9.47 Å². The third-order valence-corrected chi connectivity index (χ3v) is 9.01. The first-order chi connectivity index (χ1) is 21.4. The number of rotatable bonds is 22. The first kappa shape index (κ1) is 36.3. The van der Waals surface area contributed by atoms with Crippen molar-refractivity contribution in [3.63, 3.8) is 0 Å². The standard InChI is InChI=1S/C37H54N2O3S2/c1-5-9-19-38(20-10-6-2)23-13-25-41-36(43)29-15-17-31-32-18-16-30(28-34(32)35(40)33(31)27-29)37(44)42-26-14-24-39(21-11-7-3)22-12-8-4/h15-18,27-28H,5-14,19-26H2,1-4H3. The summed E-state index contributed by atoms with van der Waals surface area (Å²) in [7, 11) is 0. The van der Waals surface area contributed by atoms with Gasteiger partial charge in [0.25, 0.3) is 0 Å². The summed E-state index contributed by atoms with van der Waals surface area (Å²) >= 11 is 11.2. The number of hydrogen-bond acceptors (Lipinski definition) is 7. The van der Waals surface area contributed by atoms with E-state index in [9.17, 15) is 4.79 Å². The highest BCUT2D eigenvalue weighted by Gasteiger charge is 2.28. The van der Waals surface area contributed by atoms with E-state index in [2.05, 4.69) is 37.5 Å². The second-order valence-corrected chi connectivity index (χ2v) is 12.7. The molecule has 242 valence electrons. The Labute approximate surface area is 277 Å². The fourth-order valence-electron chi connectivity index (χ4n) is 5.60. The Balaban J connectivity index is 1.52. The molecule has 0 spiro atoms. The first-order valence-electron chi connectivity index (χ1n) is 17.0. The molecule has 0 aromatic heterocycles. The fraction of sp³-hybridized carbons (Fsp3) is 0.595. The van der Waals surface area contributed by atoms with Crippen molar-refractivity contribution in [3.05, 3.63) is 58.7 Å². The number of carbonyl (C=O) groups excluding carboxylic acids is 1. The van der Waals surface area contributed by atoms with Gasteiger partial charge in [-0.05, 0) is 125 Å². The van der Waals surface area contributed by atoms with Crippen LogP contribution in [0, 0.1) is 0 Å². The molecule has 2 aromatic rings. The Morgan fingerprint density at radius 2 is 0.886 bits per heavy atom. The summed E-state index contributed by atoms with van der Waals surface area (Å²) in [4.78, 5) is 18.5. The number of thiocarbonyl (C=S) groups is 2. The van der Waals surface area contributed by atoms with E-state index >= 15 is 0 Å². The van der Waals surface area contributed by atoms with Crippen LogP contribution < -0.4 is 0 Å². The molecule has 0 fully saturated rings. The normalized spacial score (nSPS) is 12.1. The lowest BCUT2D eigenvalue weighted by atomic mass is 10.0. The average molecular weight is 639 g/mol. The molecular formula is C37H54N2O3S2. The lowest BCUT2D eigenvalue weighted by Crippen LogP contribution is -2.28. The summed E-state index contributed by atoms with van der Waals surface area (Å²) < 4.78 is 11.9. The van der Waals surface area contributed by atoms with Gasteiger partial charge in [0.1, 0.15) is 0 Å². The molecule has 5 nitrogen and oxygen atoms in total. The number of nitrogens with zero attached hydrogens (tertiary/aromatic N) is 2. The summed E-state index contributed by atoms with van der Waals surface area (Å²) in [5, 5.41) is 0.895. The van der Waals surface area contributed by atoms with Crippen molar-refractivity contribution in [2.45, 2.75) is 91.9 Å². The van der Waals surface area contributed by atoms with Crippen LogP contribution >= 0.6 is 24.4 Å². The van der Waals surface area contributed by atoms with E-state index in [4.69, 9.17) is 33.9 Å². The van der Waals surface area contributed by atoms with E-state index in [1.807, 2.05) is 36.4 Å². The van der Waals surface area contributed by atoms with E-state index in [-0.39, 0.29) is 5.78 Å². The Kier molecular flexibility index (Phi) is 16.5. The summed E-state index contributed by atoms with van der Waals surface area (Å²) in [6.07, 6.45) is 11.6. The number of unbranched alkanes of at least 4 members (excludes halogenated alkanes) is 4. The van der Waals surface area contributed by atoms with E-state index < -0.39 is 0 Å². The van der Waals surface area contributed by atoms with Crippen LogP contribution in [0.2, 0.25) is 0 Å². The number of carbonyl (C=O) groups is 1. The van der Waals surface area contributed by atoms with Crippen molar-refractivity contribution in [2.75, 3.05) is 52.5 Å². The molecule has 0 aliphatic heterocycles. The molecule has 1 aliphatic carbocycles. The van der Waals surface area contributed by atoms with E-state index in [0.29, 0.717) is 34.4 Å². The van der Waals surface area contributed by atoms with Gasteiger partial charge in [-0.25, -0.2) is 0 Å². The third-order valence-electron chi connectivity index (χ3n) is 8.31. The predicted octanol–water partition coefficient (Wildman–Crippen LogP) is 8.87. The second-order valence-electron chi connectivity index (χ2n) is 11.9. The smallest absolute Gasteiger partial charge is 0.194 e. The van der Waals surface area contributed by atoms with Gasteiger partial charge in [0.05, 0.1) is 13.2 Å². The zero-order valence-corrected chi connectivity index (χ0v) is 29.3. The van der Waals surface area contributed by atoms with Crippen molar-refractivity contribution >= 4 is 40.3 Å². The Morgan fingerprint density at radius 1 is 0.545 bits per heavy atom. The van der Waals surface area contributed by atoms with Gasteiger partial charge in [-0.1, -0.05) is 65.5 Å². The molecule has 0 N–H and O–H groups in total. The van der Waals surface area contributed by atoms with Gasteiger partial charge in [-0.2, -0.15) is 0 Å². The summed E-state index contributed by atoms with van der Waals surface area (Å²) in [5.74, 6) is -0.00530. The highest BCUT2D eigenvalue weighted by Crippen LogP contribution is 2.37. The number of ether oxygens (including phenoxy) is 2. The molecule has 1 aliphatic rings. The van der Waals surface area contributed by atoms with Crippen LogP contribution in [0.4, 0.5) is 0 Å². The van der Waals surface area contributed by atoms with Crippen LogP contribution in [-0.4, -0.2) is 78.2 Å². The molecule has 0 unspecified atom stereocenters. The lowest BCUT2D eigenvalue weighted by Gasteiger charge is -2.22. The summed E-state index contributed by atoms with van der Waals surface area (Å²) in [6, 6.07) is 11.7. The topological polar surface area (TPSA) is 42.0 Å². The van der Waals surface area contributed by atoms with Gasteiger partial charge in [0, 0.05) is 35.3 Å². The van der Waals surface area contributed by atoms with Crippen molar-refractivity contribution in [2.24, 2.45) is 0 Å². The zero-order chi connectivity index (χ0) is 31.7. The highest BCUT2D eigenvalue weighted by atomic mass is 32.1. The molecule has 3 rings (SSSR count). The molecule has 2 aromatic carbocycles. The second kappa shape index (κ2) is 20.0. The van der Waals surface area contributed by atoms with Crippen LogP contribution in [0.3, 0.4) is 0 Å². The minimum Gasteiger partial charge on any atom is -0.483 e. The largest absolute Gasteiger partial charge is 0.483 e. The van der Waals surface area contributed by atoms with Gasteiger partial charge < -0.3 is 19.3 Å². The molecule has 7 heteroatoms. The first-order valence-corrected chi connectivity index (χ1v) is 17.9. The summed E-state index contributed by atoms with van der Waals surface area (Å²) in [6.45, 7) is 16.7. The molecule has 0 bridgehead atoms. The van der Waals surface area contributed by atoms with Crippen molar-refractivity contribution in [1.29, 1.82) is 0 Å². The minimum atomic E-state index is -0.00530. The van der Waals surface area contributed by atoms with Crippen LogP contribution in [0.5, 0.6) is 0 Å². The Hall–Kier alpha value is -2.19. The van der Waals surface area contributed by atoms with E-state index in [1.54, 1.807) is 0 Å². The average Bonchev–Trinajstić information content (AvgIpc) is 3.33. The van der Waals surface area contributed by atoms with Crippen LogP contribution in [0.15, 0.2) is 36.4 Å². The molecule has 0 saturated carbocycles. The maximum Gasteiger partial charge on any atom is 0.194 e. The lowest BCUT2D eigenvalue weighted by molar-refractivity contribution is 0.104. The van der Waals surface area contributed by atoms with Crippen molar-refractivity contribution in [1.82, 2.24) is 9.80 Å². The molecular weight excluding hydrogens is 585 g/mol. The maximum atomic E-state index is 13.5. The van der Waals surface area contributed by atoms with Gasteiger partial charge >= 0.3 is 0 Å². The van der Waals surface area contributed by atoms with Crippen molar-refractivity contribution < 1.29 is 14.3 Å². The zero-order valence-electron chi connectivity index (χ0n) is 27.6. The Bertz CT molecular complexity index is 1110. The molecule has 0 atom stereocenters. The highest BCUT2D eigenvalue weighted by molar-refractivity contribution is 7.80. The monoisotopic (exact) mass is 638 g/mol. The van der Waals surface area contributed by atoms with Crippen molar-refractivity contribution in [3.8, 4) is 11.1 Å². The number of hydrogen-bond donors (Lipinski definition) is 0. The third kappa shape index (κ3) is 11.0. The molecule has 0 heterocycles. The SMILES string of the molecule is CCCCN(CCCC)CCCOC(=S)c1ccc2c(c1)C(=O)c1cc(C(=S)OCCCN(CCCC)CCCC)ccc1-2. The summed E-state index contributed by atoms with van der Waals surface area (Å²) in [5.41, 5.74) is 4.74. The quantitative estimate of drug-likeness (QED) is 0.0804. The van der Waals surface area contributed by atoms with Gasteiger partial charge in [-0.15, -0.1) is 0 Å². The van der Waals surface area contributed by atoms with Gasteiger partial charge in [0.2, 0.25) is 0 Å². The van der Waals surface area contributed by atoms with E-state index in [1.165, 1.54) is 51.4 Å². The van der Waals surface area contributed by atoms with Gasteiger partial charge in [-0.3, -0.25) is 4.79 Å². The fourth-order valence-corrected chi connectivity index (χ4v) is 6.02. The molecule has 0 amide bonds. The van der Waals surface area contributed by atoms with Crippen LogP contribution in [0.1, 0.15) is 119 Å². The number of ketones is 1.